The zero-order chi connectivity index (χ0) is 14.8. The summed E-state index contributed by atoms with van der Waals surface area (Å²) in [6, 6.07) is 3.35. The average Bonchev–Trinajstić information content (AvgIpc) is 2.73. The number of carbonyl (C=O) groups is 1. The highest BCUT2D eigenvalue weighted by Gasteiger charge is 2.17. The van der Waals surface area contributed by atoms with E-state index in [0.717, 1.165) is 0 Å². The monoisotopic (exact) mass is 276 g/mol. The molecule has 2 heterocycles. The molecule has 0 atom stereocenters. The van der Waals surface area contributed by atoms with Gasteiger partial charge in [0.05, 0.1) is 0 Å². The van der Waals surface area contributed by atoms with Gasteiger partial charge in [-0.15, -0.1) is 10.2 Å². The van der Waals surface area contributed by atoms with Crippen molar-refractivity contribution in [2.75, 3.05) is 5.32 Å². The largest absolute Gasteiger partial charge is 0.444 e. The molecule has 0 aliphatic rings. The Balaban J connectivity index is 2.12. The summed E-state index contributed by atoms with van der Waals surface area (Å²) in [6.45, 7) is 7.07. The molecule has 20 heavy (non-hydrogen) atoms. The van der Waals surface area contributed by atoms with Crippen molar-refractivity contribution in [3.8, 4) is 11.5 Å². The van der Waals surface area contributed by atoms with Crippen molar-refractivity contribution in [3.63, 3.8) is 0 Å². The van der Waals surface area contributed by atoms with Gasteiger partial charge in [0.1, 0.15) is 11.4 Å². The predicted octanol–water partition coefficient (Wildman–Crippen LogP) is 2.79. The fourth-order valence-corrected chi connectivity index (χ4v) is 1.45. The van der Waals surface area contributed by atoms with Crippen LogP contribution in [0.25, 0.3) is 11.5 Å². The predicted molar refractivity (Wildman–Crippen MR) is 72.1 cm³/mol. The molecular weight excluding hydrogens is 260 g/mol. The topological polar surface area (TPSA) is 90.1 Å². The molecule has 7 heteroatoms. The van der Waals surface area contributed by atoms with E-state index in [9.17, 15) is 4.79 Å². The second kappa shape index (κ2) is 5.28. The molecule has 0 saturated carbocycles. The number of carbonyl (C=O) groups excluding carboxylic acids is 1. The van der Waals surface area contributed by atoms with Crippen LogP contribution < -0.4 is 5.32 Å². The first-order valence-electron chi connectivity index (χ1n) is 6.10. The van der Waals surface area contributed by atoms with Gasteiger partial charge < -0.3 is 9.15 Å². The van der Waals surface area contributed by atoms with E-state index < -0.39 is 11.7 Å². The van der Waals surface area contributed by atoms with E-state index in [1.165, 1.54) is 0 Å². The van der Waals surface area contributed by atoms with E-state index in [1.807, 2.05) is 0 Å². The van der Waals surface area contributed by atoms with Crippen LogP contribution >= 0.6 is 0 Å². The molecule has 0 radical (unpaired) electrons. The third-order valence-corrected chi connectivity index (χ3v) is 2.16. The minimum Gasteiger partial charge on any atom is -0.444 e. The van der Waals surface area contributed by atoms with Gasteiger partial charge in [-0.05, 0) is 32.9 Å². The Kier molecular flexibility index (Phi) is 3.69. The fraction of sp³-hybridized carbons (Fsp3) is 0.385. The van der Waals surface area contributed by atoms with Gasteiger partial charge in [0.2, 0.25) is 11.8 Å². The summed E-state index contributed by atoms with van der Waals surface area (Å²) < 4.78 is 10.5. The van der Waals surface area contributed by atoms with Crippen LogP contribution in [0.15, 0.2) is 22.7 Å². The van der Waals surface area contributed by atoms with Gasteiger partial charge in [-0.3, -0.25) is 5.32 Å². The van der Waals surface area contributed by atoms with E-state index in [0.29, 0.717) is 23.2 Å². The van der Waals surface area contributed by atoms with Gasteiger partial charge in [0, 0.05) is 18.7 Å². The number of nitrogens with one attached hydrogen (secondary N) is 1. The number of hydrogen-bond acceptors (Lipinski definition) is 6. The Labute approximate surface area is 116 Å². The number of aryl methyl sites for hydroxylation is 1. The number of ether oxygens (including phenoxy) is 1. The van der Waals surface area contributed by atoms with Crippen LogP contribution in [-0.4, -0.2) is 26.9 Å². The third-order valence-electron chi connectivity index (χ3n) is 2.16. The SMILES string of the molecule is Cc1nnc(-c2ccnc(NC(=O)OC(C)(C)C)c2)o1. The smallest absolute Gasteiger partial charge is 0.413 e. The second-order valence-corrected chi connectivity index (χ2v) is 5.18. The molecule has 2 aromatic heterocycles. The lowest BCUT2D eigenvalue weighted by Crippen LogP contribution is -2.27. The summed E-state index contributed by atoms with van der Waals surface area (Å²) in [4.78, 5) is 15.7. The zero-order valence-electron chi connectivity index (χ0n) is 11.8. The molecule has 2 rings (SSSR count). The van der Waals surface area contributed by atoms with Crippen molar-refractivity contribution in [1.29, 1.82) is 0 Å². The highest BCUT2D eigenvalue weighted by Crippen LogP contribution is 2.20. The average molecular weight is 276 g/mol. The minimum absolute atomic E-state index is 0.354. The lowest BCUT2D eigenvalue weighted by Gasteiger charge is -2.19. The number of amides is 1. The van der Waals surface area contributed by atoms with E-state index in [1.54, 1.807) is 46.0 Å². The van der Waals surface area contributed by atoms with Crippen molar-refractivity contribution in [3.05, 3.63) is 24.2 Å². The maximum absolute atomic E-state index is 11.7. The first-order valence-corrected chi connectivity index (χ1v) is 6.10. The lowest BCUT2D eigenvalue weighted by atomic mass is 10.2. The second-order valence-electron chi connectivity index (χ2n) is 5.18. The molecule has 0 aliphatic carbocycles. The molecule has 106 valence electrons. The van der Waals surface area contributed by atoms with Crippen LogP contribution in [0.5, 0.6) is 0 Å². The van der Waals surface area contributed by atoms with Crippen LogP contribution in [0.3, 0.4) is 0 Å². The van der Waals surface area contributed by atoms with Gasteiger partial charge in [-0.1, -0.05) is 0 Å². The maximum Gasteiger partial charge on any atom is 0.413 e. The molecule has 0 aromatic carbocycles. The summed E-state index contributed by atoms with van der Waals surface area (Å²) in [5.41, 5.74) is 0.109. The van der Waals surface area contributed by atoms with E-state index in [4.69, 9.17) is 9.15 Å². The van der Waals surface area contributed by atoms with Crippen molar-refractivity contribution < 1.29 is 13.9 Å². The number of rotatable bonds is 2. The summed E-state index contributed by atoms with van der Waals surface area (Å²) in [6.07, 6.45) is 0.977. The molecule has 0 aliphatic heterocycles. The first-order chi connectivity index (χ1) is 9.33. The van der Waals surface area contributed by atoms with Gasteiger partial charge in [-0.2, -0.15) is 0 Å². The zero-order valence-corrected chi connectivity index (χ0v) is 11.8. The molecule has 1 N–H and O–H groups in total. The van der Waals surface area contributed by atoms with Gasteiger partial charge >= 0.3 is 6.09 Å². The quantitative estimate of drug-likeness (QED) is 0.907. The van der Waals surface area contributed by atoms with E-state index >= 15 is 0 Å². The summed E-state index contributed by atoms with van der Waals surface area (Å²) >= 11 is 0. The van der Waals surface area contributed by atoms with Crippen LogP contribution in [-0.2, 0) is 4.74 Å². The summed E-state index contributed by atoms with van der Waals surface area (Å²) in [5.74, 6) is 1.20. The molecule has 0 fully saturated rings. The number of pyridine rings is 1. The minimum atomic E-state index is -0.566. The molecule has 7 nitrogen and oxygen atoms in total. The lowest BCUT2D eigenvalue weighted by molar-refractivity contribution is 0.0635. The van der Waals surface area contributed by atoms with Crippen LogP contribution in [0.4, 0.5) is 10.6 Å². The molecular formula is C13H16N4O3. The number of aromatic nitrogens is 3. The molecule has 0 bridgehead atoms. The normalized spacial score (nSPS) is 11.2. The Bertz CT molecular complexity index is 616. The third kappa shape index (κ3) is 3.78. The van der Waals surface area contributed by atoms with Crippen molar-refractivity contribution in [1.82, 2.24) is 15.2 Å². The Morgan fingerprint density at radius 2 is 2.10 bits per heavy atom. The van der Waals surface area contributed by atoms with Gasteiger partial charge in [0.15, 0.2) is 0 Å². The fourth-order valence-electron chi connectivity index (χ4n) is 1.45. The van der Waals surface area contributed by atoms with Crippen LogP contribution in [0.1, 0.15) is 26.7 Å². The highest BCUT2D eigenvalue weighted by atomic mass is 16.6. The van der Waals surface area contributed by atoms with E-state index in [2.05, 4.69) is 20.5 Å². The number of hydrogen-bond donors (Lipinski definition) is 1. The van der Waals surface area contributed by atoms with Crippen molar-refractivity contribution in [2.45, 2.75) is 33.3 Å². The van der Waals surface area contributed by atoms with E-state index in [-0.39, 0.29) is 0 Å². The molecule has 2 aromatic rings. The molecule has 0 saturated heterocycles. The summed E-state index contributed by atoms with van der Waals surface area (Å²) in [7, 11) is 0. The van der Waals surface area contributed by atoms with Gasteiger partial charge in [0.25, 0.3) is 0 Å². The standard InChI is InChI=1S/C13H16N4O3/c1-8-16-17-11(19-8)9-5-6-14-10(7-9)15-12(18)20-13(2,3)4/h5-7H,1-4H3,(H,14,15,18). The molecule has 0 unspecified atom stereocenters. The maximum atomic E-state index is 11.7. The number of anilines is 1. The highest BCUT2D eigenvalue weighted by molar-refractivity contribution is 5.84. The molecule has 0 spiro atoms. The van der Waals surface area contributed by atoms with Gasteiger partial charge in [-0.25, -0.2) is 9.78 Å². The Hall–Kier alpha value is -2.44. The van der Waals surface area contributed by atoms with Crippen LogP contribution in [0, 0.1) is 6.92 Å². The molecule has 1 amide bonds. The van der Waals surface area contributed by atoms with Crippen molar-refractivity contribution >= 4 is 11.9 Å². The Morgan fingerprint density at radius 1 is 1.35 bits per heavy atom. The first kappa shape index (κ1) is 14.0. The summed E-state index contributed by atoms with van der Waals surface area (Å²) in [5, 5.41) is 10.2. The Morgan fingerprint density at radius 3 is 2.70 bits per heavy atom. The number of nitrogens with zero attached hydrogens (tertiary/aromatic N) is 3. The van der Waals surface area contributed by atoms with Crippen LogP contribution in [0.2, 0.25) is 0 Å². The van der Waals surface area contributed by atoms with Crippen molar-refractivity contribution in [2.24, 2.45) is 0 Å².